The maximum Gasteiger partial charge on any atom is 0.277 e. The van der Waals surface area contributed by atoms with Gasteiger partial charge in [-0.15, -0.1) is 0 Å². The van der Waals surface area contributed by atoms with E-state index in [9.17, 15) is 4.79 Å². The van der Waals surface area contributed by atoms with Crippen LogP contribution in [0.1, 0.15) is 34.8 Å². The molecule has 1 heterocycles. The van der Waals surface area contributed by atoms with Crippen molar-refractivity contribution in [1.29, 1.82) is 0 Å². The third-order valence-corrected chi connectivity index (χ3v) is 5.44. The Morgan fingerprint density at radius 2 is 1.69 bits per heavy atom. The number of rotatable bonds is 4. The number of allylic oxidation sites excluding steroid dienone is 2. The number of nitrogens with zero attached hydrogens (tertiary/aromatic N) is 2. The fourth-order valence-corrected chi connectivity index (χ4v) is 3.90. The Bertz CT molecular complexity index is 1090. The van der Waals surface area contributed by atoms with E-state index in [4.69, 9.17) is 0 Å². The second-order valence-corrected chi connectivity index (χ2v) is 7.60. The molecule has 0 spiro atoms. The highest BCUT2D eigenvalue weighted by Crippen LogP contribution is 2.45. The first-order valence-electron chi connectivity index (χ1n) is 9.71. The first-order chi connectivity index (χ1) is 14.1. The van der Waals surface area contributed by atoms with E-state index in [1.165, 1.54) is 16.7 Å². The number of hydrazone groups is 1. The molecule has 1 aliphatic rings. The predicted molar refractivity (Wildman–Crippen MR) is 115 cm³/mol. The van der Waals surface area contributed by atoms with Gasteiger partial charge < -0.3 is 0 Å². The molecule has 0 saturated carbocycles. The average Bonchev–Trinajstić information content (AvgIpc) is 3.11. The van der Waals surface area contributed by atoms with Gasteiger partial charge in [-0.1, -0.05) is 67.6 Å². The molecule has 29 heavy (non-hydrogen) atoms. The number of amides is 1. The SMILES string of the molecule is C[n+]1cccc(C(=O)NN=C2C=C(c3ccccc3)C(C)(c3ccccc3)C2)c1. The van der Waals surface area contributed by atoms with Crippen LogP contribution in [-0.2, 0) is 12.5 Å². The first-order valence-corrected chi connectivity index (χ1v) is 9.71. The molecule has 3 aromatic rings. The molecular weight excluding hydrogens is 358 g/mol. The lowest BCUT2D eigenvalue weighted by Crippen LogP contribution is -2.30. The Kier molecular flexibility index (Phi) is 5.09. The van der Waals surface area contributed by atoms with Crippen molar-refractivity contribution in [3.63, 3.8) is 0 Å². The van der Waals surface area contributed by atoms with Gasteiger partial charge in [0.2, 0.25) is 0 Å². The number of hydrogen-bond acceptors (Lipinski definition) is 2. The molecule has 4 rings (SSSR count). The van der Waals surface area contributed by atoms with E-state index in [1.807, 2.05) is 48.1 Å². The number of pyridine rings is 1. The molecule has 144 valence electrons. The molecule has 1 N–H and O–H groups in total. The molecular formula is C25H24N3O+. The summed E-state index contributed by atoms with van der Waals surface area (Å²) in [4.78, 5) is 12.5. The highest BCUT2D eigenvalue weighted by Gasteiger charge is 2.38. The first kappa shape index (κ1) is 18.8. The van der Waals surface area contributed by atoms with Crippen LogP contribution in [-0.4, -0.2) is 11.6 Å². The summed E-state index contributed by atoms with van der Waals surface area (Å²) in [5, 5.41) is 4.46. The van der Waals surface area contributed by atoms with E-state index < -0.39 is 0 Å². The molecule has 0 fully saturated rings. The number of aromatic nitrogens is 1. The fraction of sp³-hybridized carbons (Fsp3) is 0.160. The summed E-state index contributed by atoms with van der Waals surface area (Å²) in [6.45, 7) is 2.24. The van der Waals surface area contributed by atoms with Gasteiger partial charge in [0.15, 0.2) is 12.4 Å². The van der Waals surface area contributed by atoms with Crippen LogP contribution in [0.25, 0.3) is 5.57 Å². The predicted octanol–water partition coefficient (Wildman–Crippen LogP) is 4.04. The highest BCUT2D eigenvalue weighted by atomic mass is 16.2. The standard InChI is InChI=1S/C25H23N3O/c1-25(21-13-7-4-8-14-21)17-22(16-23(25)19-10-5-3-6-11-19)26-27-24(29)20-12-9-15-28(2)18-20/h3-16,18H,17H2,1-2H3/p+1. The second-order valence-electron chi connectivity index (χ2n) is 7.60. The van der Waals surface area contributed by atoms with Crippen molar-refractivity contribution in [3.8, 4) is 0 Å². The molecule has 2 aromatic carbocycles. The van der Waals surface area contributed by atoms with Gasteiger partial charge in [-0.3, -0.25) is 4.79 Å². The summed E-state index contributed by atoms with van der Waals surface area (Å²) in [5.41, 5.74) is 7.58. The van der Waals surface area contributed by atoms with Gasteiger partial charge in [-0.25, -0.2) is 9.99 Å². The second kappa shape index (κ2) is 7.84. The number of nitrogens with one attached hydrogen (secondary N) is 1. The minimum atomic E-state index is -0.211. The lowest BCUT2D eigenvalue weighted by molar-refractivity contribution is -0.671. The van der Waals surface area contributed by atoms with Gasteiger partial charge in [0.1, 0.15) is 12.6 Å². The molecule has 1 atom stereocenters. The Morgan fingerprint density at radius 3 is 2.38 bits per heavy atom. The topological polar surface area (TPSA) is 45.3 Å². The van der Waals surface area contributed by atoms with Crippen LogP contribution in [0.5, 0.6) is 0 Å². The van der Waals surface area contributed by atoms with Gasteiger partial charge in [-0.05, 0) is 28.8 Å². The monoisotopic (exact) mass is 382 g/mol. The molecule has 1 aliphatic carbocycles. The van der Waals surface area contributed by atoms with Gasteiger partial charge in [0.05, 0.1) is 5.71 Å². The van der Waals surface area contributed by atoms with Gasteiger partial charge in [0.25, 0.3) is 5.91 Å². The molecule has 0 saturated heterocycles. The summed E-state index contributed by atoms with van der Waals surface area (Å²) < 4.78 is 1.84. The van der Waals surface area contributed by atoms with Gasteiger partial charge in [0, 0.05) is 17.9 Å². The van der Waals surface area contributed by atoms with E-state index in [0.29, 0.717) is 5.56 Å². The van der Waals surface area contributed by atoms with Crippen molar-refractivity contribution < 1.29 is 9.36 Å². The van der Waals surface area contributed by atoms with E-state index in [1.54, 1.807) is 12.3 Å². The number of carbonyl (C=O) groups excluding carboxylic acids is 1. The quantitative estimate of drug-likeness (QED) is 0.537. The van der Waals surface area contributed by atoms with Crippen molar-refractivity contribution in [2.45, 2.75) is 18.8 Å². The Labute approximate surface area is 171 Å². The summed E-state index contributed by atoms with van der Waals surface area (Å²) in [6.07, 6.45) is 6.50. The number of carbonyl (C=O) groups is 1. The largest absolute Gasteiger partial charge is 0.277 e. The van der Waals surface area contributed by atoms with Crippen molar-refractivity contribution in [3.05, 3.63) is 108 Å². The zero-order valence-electron chi connectivity index (χ0n) is 16.7. The highest BCUT2D eigenvalue weighted by molar-refractivity contribution is 6.09. The summed E-state index contributed by atoms with van der Waals surface area (Å²) in [5.74, 6) is -0.211. The van der Waals surface area contributed by atoms with Crippen molar-refractivity contribution in [1.82, 2.24) is 5.43 Å². The molecule has 4 heteroatoms. The van der Waals surface area contributed by atoms with Gasteiger partial charge in [-0.2, -0.15) is 5.10 Å². The van der Waals surface area contributed by atoms with Crippen LogP contribution in [0.2, 0.25) is 0 Å². The molecule has 1 amide bonds. The minimum Gasteiger partial charge on any atom is -0.267 e. The van der Waals surface area contributed by atoms with Crippen molar-refractivity contribution in [2.24, 2.45) is 12.1 Å². The van der Waals surface area contributed by atoms with Crippen molar-refractivity contribution in [2.75, 3.05) is 0 Å². The van der Waals surface area contributed by atoms with Crippen LogP contribution in [0.3, 0.4) is 0 Å². The zero-order chi connectivity index (χ0) is 20.3. The molecule has 0 bridgehead atoms. The van der Waals surface area contributed by atoms with E-state index in [2.05, 4.69) is 59.9 Å². The lowest BCUT2D eigenvalue weighted by atomic mass is 9.74. The summed E-state index contributed by atoms with van der Waals surface area (Å²) >= 11 is 0. The van der Waals surface area contributed by atoms with E-state index >= 15 is 0 Å². The van der Waals surface area contributed by atoms with E-state index in [-0.39, 0.29) is 11.3 Å². The smallest absolute Gasteiger partial charge is 0.267 e. The van der Waals surface area contributed by atoms with E-state index in [0.717, 1.165) is 12.1 Å². The number of aryl methyl sites for hydroxylation is 1. The summed E-state index contributed by atoms with van der Waals surface area (Å²) in [6, 6.07) is 24.5. The maximum atomic E-state index is 12.5. The van der Waals surface area contributed by atoms with Crippen LogP contribution in [0, 0.1) is 0 Å². The normalized spacial score (nSPS) is 19.8. The third-order valence-electron chi connectivity index (χ3n) is 5.44. The average molecular weight is 382 g/mol. The minimum absolute atomic E-state index is 0.203. The lowest BCUT2D eigenvalue weighted by Gasteiger charge is -2.28. The molecule has 0 aliphatic heterocycles. The summed E-state index contributed by atoms with van der Waals surface area (Å²) in [7, 11) is 1.89. The maximum absolute atomic E-state index is 12.5. The zero-order valence-corrected chi connectivity index (χ0v) is 16.7. The molecule has 1 aromatic heterocycles. The molecule has 4 nitrogen and oxygen atoms in total. The Morgan fingerprint density at radius 1 is 1.00 bits per heavy atom. The number of benzene rings is 2. The van der Waals surface area contributed by atoms with Crippen LogP contribution in [0.15, 0.2) is 96.4 Å². The fourth-order valence-electron chi connectivity index (χ4n) is 3.90. The molecule has 0 radical (unpaired) electrons. The van der Waals surface area contributed by atoms with Gasteiger partial charge >= 0.3 is 0 Å². The molecule has 1 unspecified atom stereocenters. The Balaban J connectivity index is 1.66. The third kappa shape index (κ3) is 3.87. The van der Waals surface area contributed by atoms with Crippen LogP contribution >= 0.6 is 0 Å². The number of hydrogen-bond donors (Lipinski definition) is 1. The van der Waals surface area contributed by atoms with Crippen molar-refractivity contribution >= 4 is 17.2 Å². The van der Waals surface area contributed by atoms with Crippen LogP contribution in [0.4, 0.5) is 0 Å². The Hall–Kier alpha value is -3.53. The van der Waals surface area contributed by atoms with Crippen LogP contribution < -0.4 is 9.99 Å².